The molecule has 0 aliphatic rings. The van der Waals surface area contributed by atoms with Crippen molar-refractivity contribution < 1.29 is 0 Å². The number of nitrogens with one attached hydrogen (secondary N) is 1. The molecule has 0 unspecified atom stereocenters. The van der Waals surface area contributed by atoms with Crippen molar-refractivity contribution in [3.05, 3.63) is 30.3 Å². The number of benzene rings is 1. The molecular formula is C11H16ClNS. The predicted octanol–water partition coefficient (Wildman–Crippen LogP) is 3.00. The lowest BCUT2D eigenvalue weighted by atomic mass is 10.4. The summed E-state index contributed by atoms with van der Waals surface area (Å²) in [6.45, 7) is 2.08. The Balaban J connectivity index is 1.99. The van der Waals surface area contributed by atoms with E-state index in [2.05, 4.69) is 29.6 Å². The summed E-state index contributed by atoms with van der Waals surface area (Å²) in [7, 11) is 0. The standard InChI is InChI=1S/C11H16ClNS/c12-7-4-8-13-9-10-14-11-5-2-1-3-6-11/h1-3,5-6,13H,4,7-10H2. The van der Waals surface area contributed by atoms with Crippen LogP contribution in [0.5, 0.6) is 0 Å². The number of hydrogen-bond acceptors (Lipinski definition) is 2. The van der Waals surface area contributed by atoms with Gasteiger partial charge >= 0.3 is 0 Å². The summed E-state index contributed by atoms with van der Waals surface area (Å²) < 4.78 is 0. The molecule has 1 nitrogen and oxygen atoms in total. The SMILES string of the molecule is ClCCCNCCSc1ccccc1. The molecule has 14 heavy (non-hydrogen) atoms. The average molecular weight is 230 g/mol. The Morgan fingerprint density at radius 3 is 2.64 bits per heavy atom. The first kappa shape index (κ1) is 11.9. The quantitative estimate of drug-likeness (QED) is 0.438. The van der Waals surface area contributed by atoms with Crippen LogP contribution in [0.3, 0.4) is 0 Å². The van der Waals surface area contributed by atoms with Gasteiger partial charge in [0, 0.05) is 23.1 Å². The number of rotatable bonds is 7. The van der Waals surface area contributed by atoms with Gasteiger partial charge in [-0.25, -0.2) is 0 Å². The van der Waals surface area contributed by atoms with E-state index >= 15 is 0 Å². The van der Waals surface area contributed by atoms with Gasteiger partial charge in [-0.2, -0.15) is 0 Å². The molecule has 3 heteroatoms. The number of halogens is 1. The van der Waals surface area contributed by atoms with Crippen molar-refractivity contribution in [2.75, 3.05) is 24.7 Å². The molecule has 0 saturated carbocycles. The normalized spacial score (nSPS) is 10.4. The van der Waals surface area contributed by atoms with Gasteiger partial charge in [-0.3, -0.25) is 0 Å². The molecule has 0 amide bonds. The highest BCUT2D eigenvalue weighted by Crippen LogP contribution is 2.15. The maximum Gasteiger partial charge on any atom is 0.0235 e. The molecule has 1 N–H and O–H groups in total. The van der Waals surface area contributed by atoms with E-state index in [9.17, 15) is 0 Å². The third-order valence-electron chi connectivity index (χ3n) is 1.78. The molecule has 1 rings (SSSR count). The number of alkyl halides is 1. The second-order valence-corrected chi connectivity index (χ2v) is 4.50. The molecule has 0 radical (unpaired) electrons. The van der Waals surface area contributed by atoms with Gasteiger partial charge in [-0.05, 0) is 25.1 Å². The molecule has 0 saturated heterocycles. The van der Waals surface area contributed by atoms with E-state index < -0.39 is 0 Å². The van der Waals surface area contributed by atoms with Crippen molar-refractivity contribution in [1.82, 2.24) is 5.32 Å². The van der Waals surface area contributed by atoms with Crippen LogP contribution in [0.1, 0.15) is 6.42 Å². The van der Waals surface area contributed by atoms with Crippen molar-refractivity contribution >= 4 is 23.4 Å². The molecule has 78 valence electrons. The molecule has 0 heterocycles. The van der Waals surface area contributed by atoms with Crippen molar-refractivity contribution in [3.63, 3.8) is 0 Å². The molecule has 0 aliphatic heterocycles. The van der Waals surface area contributed by atoms with Crippen LogP contribution in [0.2, 0.25) is 0 Å². The number of hydrogen-bond donors (Lipinski definition) is 1. The Morgan fingerprint density at radius 1 is 1.14 bits per heavy atom. The molecule has 1 aromatic carbocycles. The van der Waals surface area contributed by atoms with Crippen molar-refractivity contribution in [2.24, 2.45) is 0 Å². The molecule has 0 spiro atoms. The summed E-state index contributed by atoms with van der Waals surface area (Å²) in [5.74, 6) is 1.87. The van der Waals surface area contributed by atoms with Crippen LogP contribution in [-0.4, -0.2) is 24.7 Å². The van der Waals surface area contributed by atoms with Crippen LogP contribution in [-0.2, 0) is 0 Å². The van der Waals surface area contributed by atoms with Crippen molar-refractivity contribution in [3.8, 4) is 0 Å². The van der Waals surface area contributed by atoms with Crippen LogP contribution >= 0.6 is 23.4 Å². The summed E-state index contributed by atoms with van der Waals surface area (Å²) in [5.41, 5.74) is 0. The summed E-state index contributed by atoms with van der Waals surface area (Å²) in [5, 5.41) is 3.35. The molecule has 0 aromatic heterocycles. The van der Waals surface area contributed by atoms with Gasteiger partial charge in [0.25, 0.3) is 0 Å². The molecule has 0 aliphatic carbocycles. The van der Waals surface area contributed by atoms with Crippen molar-refractivity contribution in [2.45, 2.75) is 11.3 Å². The minimum atomic E-state index is 0.749. The zero-order valence-corrected chi connectivity index (χ0v) is 9.78. The minimum Gasteiger partial charge on any atom is -0.316 e. The monoisotopic (exact) mass is 229 g/mol. The van der Waals surface area contributed by atoms with Gasteiger partial charge in [0.05, 0.1) is 0 Å². The van der Waals surface area contributed by atoms with Crippen LogP contribution in [0, 0.1) is 0 Å². The van der Waals surface area contributed by atoms with Gasteiger partial charge < -0.3 is 5.32 Å². The lowest BCUT2D eigenvalue weighted by Gasteiger charge is -2.03. The Kier molecular flexibility index (Phi) is 6.93. The highest BCUT2D eigenvalue weighted by molar-refractivity contribution is 7.99. The summed E-state index contributed by atoms with van der Waals surface area (Å²) >= 11 is 7.45. The fourth-order valence-electron chi connectivity index (χ4n) is 1.07. The molecular weight excluding hydrogens is 214 g/mol. The Bertz CT molecular complexity index is 228. The van der Waals surface area contributed by atoms with Crippen molar-refractivity contribution in [1.29, 1.82) is 0 Å². The van der Waals surface area contributed by atoms with E-state index in [-0.39, 0.29) is 0 Å². The van der Waals surface area contributed by atoms with E-state index in [4.69, 9.17) is 11.6 Å². The van der Waals surface area contributed by atoms with Crippen LogP contribution < -0.4 is 5.32 Å². The second-order valence-electron chi connectivity index (χ2n) is 2.95. The largest absolute Gasteiger partial charge is 0.316 e. The molecule has 0 fully saturated rings. The molecule has 0 atom stereocenters. The van der Waals surface area contributed by atoms with E-state index in [1.165, 1.54) is 4.90 Å². The van der Waals surface area contributed by atoms with E-state index in [1.54, 1.807) is 0 Å². The smallest absolute Gasteiger partial charge is 0.0235 e. The highest BCUT2D eigenvalue weighted by atomic mass is 35.5. The Labute approximate surface area is 95.2 Å². The maximum atomic E-state index is 5.57. The zero-order chi connectivity index (χ0) is 10.1. The highest BCUT2D eigenvalue weighted by Gasteiger charge is 1.91. The van der Waals surface area contributed by atoms with Gasteiger partial charge in [-0.1, -0.05) is 18.2 Å². The second kappa shape index (κ2) is 8.16. The van der Waals surface area contributed by atoms with E-state index in [0.717, 1.165) is 31.1 Å². The third-order valence-corrected chi connectivity index (χ3v) is 3.06. The fourth-order valence-corrected chi connectivity index (χ4v) is 2.04. The first-order valence-electron chi connectivity index (χ1n) is 4.88. The third kappa shape index (κ3) is 5.53. The van der Waals surface area contributed by atoms with Gasteiger partial charge in [0.1, 0.15) is 0 Å². The average Bonchev–Trinajstić information content (AvgIpc) is 2.25. The van der Waals surface area contributed by atoms with E-state index in [0.29, 0.717) is 0 Å². The zero-order valence-electron chi connectivity index (χ0n) is 8.21. The first-order valence-corrected chi connectivity index (χ1v) is 6.40. The Hall–Kier alpha value is -0.180. The maximum absolute atomic E-state index is 5.57. The summed E-state index contributed by atoms with van der Waals surface area (Å²) in [4.78, 5) is 1.34. The van der Waals surface area contributed by atoms with Crippen LogP contribution in [0.4, 0.5) is 0 Å². The minimum absolute atomic E-state index is 0.749. The van der Waals surface area contributed by atoms with Crippen LogP contribution in [0.25, 0.3) is 0 Å². The lowest BCUT2D eigenvalue weighted by molar-refractivity contribution is 0.710. The number of thioether (sulfide) groups is 1. The fraction of sp³-hybridized carbons (Fsp3) is 0.455. The molecule has 1 aromatic rings. The lowest BCUT2D eigenvalue weighted by Crippen LogP contribution is -2.18. The van der Waals surface area contributed by atoms with Gasteiger partial charge in [0.15, 0.2) is 0 Å². The summed E-state index contributed by atoms with van der Waals surface area (Å²) in [6, 6.07) is 10.5. The topological polar surface area (TPSA) is 12.0 Å². The summed E-state index contributed by atoms with van der Waals surface area (Å²) in [6.07, 6.45) is 1.05. The Morgan fingerprint density at radius 2 is 1.93 bits per heavy atom. The van der Waals surface area contributed by atoms with E-state index in [1.807, 2.05) is 17.8 Å². The van der Waals surface area contributed by atoms with Crippen LogP contribution in [0.15, 0.2) is 35.2 Å². The molecule has 0 bridgehead atoms. The predicted molar refractivity (Wildman–Crippen MR) is 65.4 cm³/mol. The van der Waals surface area contributed by atoms with Gasteiger partial charge in [0.2, 0.25) is 0 Å². The van der Waals surface area contributed by atoms with Gasteiger partial charge in [-0.15, -0.1) is 23.4 Å². The first-order chi connectivity index (χ1) is 6.93.